The Morgan fingerprint density at radius 3 is 2.69 bits per heavy atom. The lowest BCUT2D eigenvalue weighted by Gasteiger charge is -2.25. The number of anilines is 2. The number of aromatic amines is 2. The highest BCUT2D eigenvalue weighted by atomic mass is 35.5. The third kappa shape index (κ3) is 9.01. The third-order valence-corrected chi connectivity index (χ3v) is 8.33. The molecule has 0 saturated heterocycles. The van der Waals surface area contributed by atoms with E-state index in [0.717, 1.165) is 36.1 Å². The van der Waals surface area contributed by atoms with E-state index < -0.39 is 12.2 Å². The van der Waals surface area contributed by atoms with E-state index in [1.807, 2.05) is 31.2 Å². The van der Waals surface area contributed by atoms with Gasteiger partial charge in [0.05, 0.1) is 10.7 Å². The summed E-state index contributed by atoms with van der Waals surface area (Å²) in [6.07, 6.45) is 5.27. The van der Waals surface area contributed by atoms with Crippen molar-refractivity contribution in [3.05, 3.63) is 104 Å². The van der Waals surface area contributed by atoms with Crippen LogP contribution in [0.3, 0.4) is 0 Å². The molecule has 0 amide bonds. The van der Waals surface area contributed by atoms with Crippen LogP contribution in [0.15, 0.2) is 75.6 Å². The molecule has 2 aromatic heterocycles. The summed E-state index contributed by atoms with van der Waals surface area (Å²) < 4.78 is 15.2. The maximum atomic E-state index is 15.2. The predicted octanol–water partition coefficient (Wildman–Crippen LogP) is 2.22. The van der Waals surface area contributed by atoms with Gasteiger partial charge in [-0.3, -0.25) is 9.79 Å². The number of H-pyrrole nitrogens is 2. The van der Waals surface area contributed by atoms with E-state index in [2.05, 4.69) is 30.6 Å². The molecule has 0 spiro atoms. The van der Waals surface area contributed by atoms with Crippen LogP contribution in [0, 0.1) is 5.82 Å². The van der Waals surface area contributed by atoms with E-state index in [1.165, 1.54) is 0 Å². The van der Waals surface area contributed by atoms with Crippen molar-refractivity contribution in [3.8, 4) is 11.3 Å². The Kier molecular flexibility index (Phi) is 11.5. The molecule has 5 rings (SSSR count). The molecule has 3 heterocycles. The normalized spacial score (nSPS) is 15.2. The van der Waals surface area contributed by atoms with Crippen LogP contribution in [0.1, 0.15) is 37.3 Å². The second-order valence-electron chi connectivity index (χ2n) is 11.9. The Balaban J connectivity index is 1.28. The number of aromatic nitrogens is 2. The fourth-order valence-electron chi connectivity index (χ4n) is 5.49. The number of aliphatic hydroxyl groups is 1. The fourth-order valence-corrected chi connectivity index (χ4v) is 5.74. The minimum absolute atomic E-state index is 0.0257. The lowest BCUT2D eigenvalue weighted by molar-refractivity contribution is 0.186. The monoisotopic (exact) mass is 676 g/mol. The molecule has 0 aliphatic carbocycles. The van der Waals surface area contributed by atoms with Gasteiger partial charge in [-0.25, -0.2) is 9.38 Å². The van der Waals surface area contributed by atoms with Gasteiger partial charge in [0.15, 0.2) is 11.8 Å². The number of benzene rings is 2. The average Bonchev–Trinajstić information content (AvgIpc) is 3.46. The Bertz CT molecular complexity index is 1900. The van der Waals surface area contributed by atoms with E-state index in [1.54, 1.807) is 47.6 Å². The van der Waals surface area contributed by atoms with Crippen LogP contribution >= 0.6 is 11.6 Å². The molecule has 1 aliphatic heterocycles. The minimum Gasteiger partial charge on any atom is -0.379 e. The minimum atomic E-state index is -1.18. The van der Waals surface area contributed by atoms with Crippen molar-refractivity contribution in [1.82, 2.24) is 15.3 Å². The number of nitrogens with one attached hydrogen (secondary N) is 4. The molecule has 48 heavy (non-hydrogen) atoms. The number of halogens is 2. The number of aryl methyl sites for hydroxylation is 1. The summed E-state index contributed by atoms with van der Waals surface area (Å²) in [5.41, 5.74) is 21.1. The zero-order chi connectivity index (χ0) is 34.2. The Labute approximate surface area is 282 Å². The number of rotatable bonds is 15. The van der Waals surface area contributed by atoms with Crippen molar-refractivity contribution in [2.24, 2.45) is 27.2 Å². The molecule has 0 fully saturated rings. The van der Waals surface area contributed by atoms with Crippen molar-refractivity contribution in [2.75, 3.05) is 23.3 Å². The summed E-state index contributed by atoms with van der Waals surface area (Å²) in [5.74, 6) is -0.492. The molecule has 254 valence electrons. The molecule has 0 radical (unpaired) electrons. The van der Waals surface area contributed by atoms with Gasteiger partial charge in [-0.1, -0.05) is 23.7 Å². The van der Waals surface area contributed by atoms with Gasteiger partial charge in [-0.05, 0) is 86.2 Å². The maximum absolute atomic E-state index is 15.2. The Hall–Kier alpha value is -4.69. The fraction of sp³-hybridized carbons (Fsp3) is 0.324. The second kappa shape index (κ2) is 15.9. The number of fused-ring (bicyclic) bond motifs is 1. The van der Waals surface area contributed by atoms with Crippen molar-refractivity contribution >= 4 is 35.1 Å². The van der Waals surface area contributed by atoms with Gasteiger partial charge in [-0.2, -0.15) is 0 Å². The quantitative estimate of drug-likeness (QED) is 0.0692. The van der Waals surface area contributed by atoms with E-state index in [0.29, 0.717) is 53.7 Å². The van der Waals surface area contributed by atoms with Gasteiger partial charge in [0.25, 0.3) is 5.56 Å². The molecule has 12 nitrogen and oxygen atoms in total. The third-order valence-electron chi connectivity index (χ3n) is 8.06. The van der Waals surface area contributed by atoms with Crippen LogP contribution in [0.25, 0.3) is 17.5 Å². The van der Waals surface area contributed by atoms with E-state index in [9.17, 15) is 9.90 Å². The molecule has 4 aromatic rings. The molecule has 0 bridgehead atoms. The number of guanidine groups is 1. The lowest BCUT2D eigenvalue weighted by Crippen LogP contribution is -2.41. The molecule has 2 aromatic carbocycles. The summed E-state index contributed by atoms with van der Waals surface area (Å²) in [4.78, 5) is 28.0. The molecule has 1 unspecified atom stereocenters. The van der Waals surface area contributed by atoms with Crippen molar-refractivity contribution in [1.29, 1.82) is 0 Å². The standard InChI is InChI=1S/C34H42ClFN10O2/c1-20(37)4-2-5-22-14-26(30(36)27(35)15-22)29-16-23-19-46(34(48)45-31(23)44-29)25-9-7-21(8-10-25)17-42-24(11-13-41-33(38)39)18-43-28-6-3-12-40-32(28)47/h3,6-10,12,14-16,19-20,24,34,42-43,48H,2,4-5,11,13,17-18,37H2,1H3,(H,40,47)(H,44,45)(H4,38,39,41)/t20-,24+,34?/m0/s1. The Morgan fingerprint density at radius 1 is 1.17 bits per heavy atom. The molecule has 3 atom stereocenters. The first-order valence-electron chi connectivity index (χ1n) is 15.9. The smallest absolute Gasteiger partial charge is 0.271 e. The number of nitrogens with two attached hydrogens (primary N) is 3. The van der Waals surface area contributed by atoms with Crippen LogP contribution in [-0.4, -0.2) is 52.6 Å². The van der Waals surface area contributed by atoms with Gasteiger partial charge >= 0.3 is 0 Å². The first-order valence-corrected chi connectivity index (χ1v) is 16.2. The number of hydrogen-bond acceptors (Lipinski definition) is 8. The lowest BCUT2D eigenvalue weighted by atomic mass is 10.0. The zero-order valence-electron chi connectivity index (χ0n) is 26.7. The summed E-state index contributed by atoms with van der Waals surface area (Å²) in [6.45, 7) is 3.42. The van der Waals surface area contributed by atoms with E-state index >= 15 is 4.39 Å². The molecule has 14 heteroatoms. The largest absolute Gasteiger partial charge is 0.379 e. The zero-order valence-corrected chi connectivity index (χ0v) is 27.5. The maximum Gasteiger partial charge on any atom is 0.271 e. The van der Waals surface area contributed by atoms with Gasteiger partial charge in [0.1, 0.15) is 11.2 Å². The predicted molar refractivity (Wildman–Crippen MR) is 189 cm³/mol. The number of nitrogens with zero attached hydrogens (tertiary/aromatic N) is 3. The average molecular weight is 677 g/mol. The molecule has 1 aliphatic rings. The molecular weight excluding hydrogens is 635 g/mol. The van der Waals surface area contributed by atoms with Crippen LogP contribution < -0.4 is 49.0 Å². The molecule has 11 N–H and O–H groups in total. The number of aliphatic imine (C=N–C) groups is 1. The van der Waals surface area contributed by atoms with Crippen LogP contribution in [0.4, 0.5) is 15.8 Å². The highest BCUT2D eigenvalue weighted by Crippen LogP contribution is 2.29. The first-order chi connectivity index (χ1) is 23.1. The summed E-state index contributed by atoms with van der Waals surface area (Å²) in [5, 5.41) is 18.3. The van der Waals surface area contributed by atoms with Crippen LogP contribution in [0.2, 0.25) is 5.02 Å². The van der Waals surface area contributed by atoms with Crippen molar-refractivity contribution in [3.63, 3.8) is 0 Å². The number of aliphatic hydroxyl groups excluding tert-OH is 1. The van der Waals surface area contributed by atoms with E-state index in [4.69, 9.17) is 28.8 Å². The van der Waals surface area contributed by atoms with Gasteiger partial charge in [0, 0.05) is 60.6 Å². The summed E-state index contributed by atoms with van der Waals surface area (Å²) >= 11 is 6.27. The molecule has 0 saturated carbocycles. The first kappa shape index (κ1) is 34.6. The highest BCUT2D eigenvalue weighted by molar-refractivity contribution is 6.31. The van der Waals surface area contributed by atoms with Gasteiger partial charge < -0.3 is 47.8 Å². The summed E-state index contributed by atoms with van der Waals surface area (Å²) in [6, 6.07) is 16.5. The van der Waals surface area contributed by atoms with Crippen LogP contribution in [-0.2, 0) is 13.0 Å². The molecular formula is C34H42ClFN10O2. The highest BCUT2D eigenvalue weighted by Gasteiger charge is 2.20. The van der Waals surface area contributed by atoms with Crippen molar-refractivity contribution < 1.29 is 9.50 Å². The second-order valence-corrected chi connectivity index (χ2v) is 12.3. The van der Waals surface area contributed by atoms with E-state index in [-0.39, 0.29) is 28.6 Å². The Morgan fingerprint density at radius 2 is 1.96 bits per heavy atom. The summed E-state index contributed by atoms with van der Waals surface area (Å²) in [7, 11) is 0. The topological polar surface area (TPSA) is 199 Å². The number of pyridine rings is 1. The van der Waals surface area contributed by atoms with Crippen molar-refractivity contribution in [2.45, 2.75) is 57.6 Å². The SMILES string of the molecule is C[C@H](N)CCCc1cc(Cl)c(F)c(-c2cc3c([nH]2)=NC(O)N(c2ccc(CN[C@H](CCN=C(N)N)CNc4ccc[nH]c4=O)cc2)C=3)c1. The number of hydrogen-bond donors (Lipinski definition) is 8. The van der Waals surface area contributed by atoms with Gasteiger partial charge in [-0.15, -0.1) is 0 Å². The van der Waals surface area contributed by atoms with Gasteiger partial charge in [0.2, 0.25) is 6.35 Å². The van der Waals surface area contributed by atoms with Crippen LogP contribution in [0.5, 0.6) is 0 Å².